The fourth-order valence-electron chi connectivity index (χ4n) is 0.450. The maximum absolute atomic E-state index is 10.6. The van der Waals surface area contributed by atoms with Gasteiger partial charge < -0.3 is 4.74 Å². The molecule has 0 spiro atoms. The summed E-state index contributed by atoms with van der Waals surface area (Å²) in [6, 6.07) is 0. The zero-order chi connectivity index (χ0) is 7.28. The molecule has 0 fully saturated rings. The first kappa shape index (κ1) is 8.37. The molecule has 0 aliphatic heterocycles. The molecule has 1 unspecified atom stereocenters. The number of ether oxygens (including phenoxy) is 1. The van der Waals surface area contributed by atoms with Crippen LogP contribution < -0.4 is 0 Å². The lowest BCUT2D eigenvalue weighted by Gasteiger charge is -2.04. The van der Waals surface area contributed by atoms with E-state index in [1.807, 2.05) is 6.92 Å². The zero-order valence-electron chi connectivity index (χ0n) is 5.89. The topological polar surface area (TPSA) is 26.3 Å². The Morgan fingerprint density at radius 1 is 1.89 bits per heavy atom. The lowest BCUT2D eigenvalue weighted by Crippen LogP contribution is -2.09. The van der Waals surface area contributed by atoms with Gasteiger partial charge in [-0.25, -0.2) is 0 Å². The Morgan fingerprint density at radius 3 is 2.78 bits per heavy atom. The van der Waals surface area contributed by atoms with Gasteiger partial charge in [0.2, 0.25) is 0 Å². The van der Waals surface area contributed by atoms with Gasteiger partial charge in [0.05, 0.1) is 6.10 Å². The predicted octanol–water partition coefficient (Wildman–Crippen LogP) is 1.17. The number of rotatable bonds is 4. The molecule has 2 nitrogen and oxygen atoms in total. The first-order valence-corrected chi connectivity index (χ1v) is 2.88. The van der Waals surface area contributed by atoms with E-state index in [-0.39, 0.29) is 11.9 Å². The number of methoxy groups -OCH3 is 1. The minimum absolute atomic E-state index is 0.00972. The van der Waals surface area contributed by atoms with Gasteiger partial charge in [-0.05, 0) is 13.0 Å². The largest absolute Gasteiger partial charge is 0.381 e. The molecule has 0 saturated carbocycles. The van der Waals surface area contributed by atoms with Crippen LogP contribution in [0.25, 0.3) is 0 Å². The summed E-state index contributed by atoms with van der Waals surface area (Å²) in [4.78, 5) is 10.6. The molecule has 0 heterocycles. The van der Waals surface area contributed by atoms with Crippen LogP contribution in [0.5, 0.6) is 0 Å². The highest BCUT2D eigenvalue weighted by molar-refractivity contribution is 5.89. The lowest BCUT2D eigenvalue weighted by molar-refractivity contribution is -0.116. The van der Waals surface area contributed by atoms with Gasteiger partial charge in [-0.2, -0.15) is 0 Å². The van der Waals surface area contributed by atoms with Crippen LogP contribution in [0.4, 0.5) is 0 Å². The number of hydrogen-bond acceptors (Lipinski definition) is 2. The molecule has 0 aromatic carbocycles. The van der Waals surface area contributed by atoms with Crippen LogP contribution in [-0.2, 0) is 9.53 Å². The van der Waals surface area contributed by atoms with Gasteiger partial charge in [0, 0.05) is 13.5 Å². The van der Waals surface area contributed by atoms with E-state index in [2.05, 4.69) is 6.58 Å². The standard InChI is InChI=1S/C7H12O2/c1-4-7(8)5-6(2)9-3/h4,6H,1,5H2,2-3H3. The highest BCUT2D eigenvalue weighted by Gasteiger charge is 2.02. The van der Waals surface area contributed by atoms with Crippen molar-refractivity contribution in [2.45, 2.75) is 19.4 Å². The van der Waals surface area contributed by atoms with E-state index >= 15 is 0 Å². The average Bonchev–Trinajstić information content (AvgIpc) is 1.87. The van der Waals surface area contributed by atoms with E-state index in [0.29, 0.717) is 6.42 Å². The fourth-order valence-corrected chi connectivity index (χ4v) is 0.450. The van der Waals surface area contributed by atoms with Crippen LogP contribution in [0.3, 0.4) is 0 Å². The van der Waals surface area contributed by atoms with E-state index in [0.717, 1.165) is 0 Å². The molecule has 0 aliphatic carbocycles. The van der Waals surface area contributed by atoms with E-state index in [1.54, 1.807) is 7.11 Å². The average molecular weight is 128 g/mol. The molecule has 0 bridgehead atoms. The summed E-state index contributed by atoms with van der Waals surface area (Å²) >= 11 is 0. The van der Waals surface area contributed by atoms with Gasteiger partial charge in [-0.3, -0.25) is 4.79 Å². The van der Waals surface area contributed by atoms with Crippen LogP contribution in [0, 0.1) is 0 Å². The Labute approximate surface area is 55.5 Å². The fraction of sp³-hybridized carbons (Fsp3) is 0.571. The molecule has 9 heavy (non-hydrogen) atoms. The Balaban J connectivity index is 3.46. The third kappa shape index (κ3) is 3.91. The molecule has 1 atom stereocenters. The van der Waals surface area contributed by atoms with Gasteiger partial charge >= 0.3 is 0 Å². The molecule has 0 amide bonds. The Kier molecular flexibility index (Phi) is 3.97. The first-order chi connectivity index (χ1) is 4.20. The quantitative estimate of drug-likeness (QED) is 0.531. The SMILES string of the molecule is C=CC(=O)CC(C)OC. The number of allylic oxidation sites excluding steroid dienone is 1. The van der Waals surface area contributed by atoms with Crippen molar-refractivity contribution in [3.63, 3.8) is 0 Å². The summed E-state index contributed by atoms with van der Waals surface area (Å²) in [6.07, 6.45) is 1.76. The van der Waals surface area contributed by atoms with Crippen LogP contribution in [-0.4, -0.2) is 19.0 Å². The first-order valence-electron chi connectivity index (χ1n) is 2.88. The molecule has 52 valence electrons. The summed E-state index contributed by atoms with van der Waals surface area (Å²) in [5.41, 5.74) is 0. The van der Waals surface area contributed by atoms with E-state index in [1.165, 1.54) is 6.08 Å². The molecule has 0 radical (unpaired) electrons. The van der Waals surface area contributed by atoms with Crippen molar-refractivity contribution in [3.8, 4) is 0 Å². The van der Waals surface area contributed by atoms with Crippen molar-refractivity contribution < 1.29 is 9.53 Å². The van der Waals surface area contributed by atoms with Crippen molar-refractivity contribution >= 4 is 5.78 Å². The van der Waals surface area contributed by atoms with Crippen LogP contribution in [0.15, 0.2) is 12.7 Å². The highest BCUT2D eigenvalue weighted by atomic mass is 16.5. The van der Waals surface area contributed by atoms with Crippen molar-refractivity contribution in [2.24, 2.45) is 0 Å². The lowest BCUT2D eigenvalue weighted by atomic mass is 10.2. The zero-order valence-corrected chi connectivity index (χ0v) is 5.89. The van der Waals surface area contributed by atoms with Crippen molar-refractivity contribution in [1.29, 1.82) is 0 Å². The molecule has 0 saturated heterocycles. The van der Waals surface area contributed by atoms with E-state index in [4.69, 9.17) is 4.74 Å². The second-order valence-corrected chi connectivity index (χ2v) is 1.92. The molecule has 0 aromatic heterocycles. The molecule has 0 aliphatic rings. The monoisotopic (exact) mass is 128 g/mol. The smallest absolute Gasteiger partial charge is 0.157 e. The van der Waals surface area contributed by atoms with Crippen LogP contribution in [0.1, 0.15) is 13.3 Å². The van der Waals surface area contributed by atoms with Gasteiger partial charge in [-0.15, -0.1) is 0 Å². The number of carbonyl (C=O) groups is 1. The van der Waals surface area contributed by atoms with E-state index < -0.39 is 0 Å². The molecule has 0 aromatic rings. The third-order valence-electron chi connectivity index (χ3n) is 1.12. The van der Waals surface area contributed by atoms with Gasteiger partial charge in [0.1, 0.15) is 0 Å². The second kappa shape index (κ2) is 4.27. The van der Waals surface area contributed by atoms with Crippen molar-refractivity contribution in [2.75, 3.05) is 7.11 Å². The minimum Gasteiger partial charge on any atom is -0.381 e. The maximum atomic E-state index is 10.6. The minimum atomic E-state index is 0.00972. The number of ketones is 1. The summed E-state index contributed by atoms with van der Waals surface area (Å²) in [5.74, 6) is 0.0318. The predicted molar refractivity (Wildman–Crippen MR) is 36.3 cm³/mol. The number of carbonyl (C=O) groups excluding carboxylic acids is 1. The van der Waals surface area contributed by atoms with Gasteiger partial charge in [-0.1, -0.05) is 6.58 Å². The van der Waals surface area contributed by atoms with Crippen molar-refractivity contribution in [1.82, 2.24) is 0 Å². The second-order valence-electron chi connectivity index (χ2n) is 1.92. The summed E-state index contributed by atoms with van der Waals surface area (Å²) < 4.78 is 4.85. The van der Waals surface area contributed by atoms with Crippen LogP contribution in [0.2, 0.25) is 0 Å². The molecule has 0 rings (SSSR count). The summed E-state index contributed by atoms with van der Waals surface area (Å²) in [7, 11) is 1.58. The molecule has 0 N–H and O–H groups in total. The Hall–Kier alpha value is -0.630. The third-order valence-corrected chi connectivity index (χ3v) is 1.12. The normalized spacial score (nSPS) is 12.7. The molecular formula is C7H12O2. The highest BCUT2D eigenvalue weighted by Crippen LogP contribution is 1.95. The Morgan fingerprint density at radius 2 is 2.44 bits per heavy atom. The number of hydrogen-bond donors (Lipinski definition) is 0. The van der Waals surface area contributed by atoms with Crippen LogP contribution >= 0.6 is 0 Å². The van der Waals surface area contributed by atoms with E-state index in [9.17, 15) is 4.79 Å². The molecule has 2 heteroatoms. The van der Waals surface area contributed by atoms with Gasteiger partial charge in [0.25, 0.3) is 0 Å². The summed E-state index contributed by atoms with van der Waals surface area (Å²) in [5, 5.41) is 0. The molecular weight excluding hydrogens is 116 g/mol. The van der Waals surface area contributed by atoms with Gasteiger partial charge in [0.15, 0.2) is 5.78 Å². The summed E-state index contributed by atoms with van der Waals surface area (Å²) in [6.45, 7) is 5.19. The van der Waals surface area contributed by atoms with Crippen molar-refractivity contribution in [3.05, 3.63) is 12.7 Å². The maximum Gasteiger partial charge on any atom is 0.157 e. The Bertz CT molecular complexity index is 107.